The first-order valence-electron chi connectivity index (χ1n) is 20.2. The van der Waals surface area contributed by atoms with E-state index < -0.39 is 0 Å². The number of unbranched alkanes of at least 4 members (excludes halogenated alkanes) is 1. The summed E-state index contributed by atoms with van der Waals surface area (Å²) in [7, 11) is 0. The third kappa shape index (κ3) is 31.7. The van der Waals surface area contributed by atoms with Gasteiger partial charge in [-0.25, -0.2) is 0 Å². The summed E-state index contributed by atoms with van der Waals surface area (Å²) in [5.41, 5.74) is 4.33. The number of thiol groups is 1. The molecule has 1 aromatic rings. The van der Waals surface area contributed by atoms with E-state index in [1.165, 1.54) is 17.5 Å². The van der Waals surface area contributed by atoms with Gasteiger partial charge in [0.15, 0.2) is 6.29 Å². The molecule has 1 fully saturated rings. The predicted molar refractivity (Wildman–Crippen MR) is 234 cm³/mol. The van der Waals surface area contributed by atoms with Crippen LogP contribution in [0.3, 0.4) is 0 Å². The normalized spacial score (nSPS) is 12.8. The van der Waals surface area contributed by atoms with Crippen molar-refractivity contribution in [2.45, 2.75) is 163 Å². The van der Waals surface area contributed by atoms with E-state index in [1.807, 2.05) is 72.4 Å². The molecular weight excluding hydrogens is 633 g/mol. The Bertz CT molecular complexity index is 923. The third-order valence-corrected chi connectivity index (χ3v) is 7.85. The van der Waals surface area contributed by atoms with E-state index in [4.69, 9.17) is 0 Å². The van der Waals surface area contributed by atoms with Crippen LogP contribution >= 0.6 is 12.6 Å². The van der Waals surface area contributed by atoms with Gasteiger partial charge in [0.25, 0.3) is 0 Å². The van der Waals surface area contributed by atoms with Gasteiger partial charge < -0.3 is 9.80 Å². The molecule has 50 heavy (non-hydrogen) atoms. The number of carbonyl (C=O) groups excluding carboxylic acids is 2. The van der Waals surface area contributed by atoms with Crippen LogP contribution in [0, 0.1) is 24.7 Å². The summed E-state index contributed by atoms with van der Waals surface area (Å²) >= 11 is 3.53. The molecule has 0 spiro atoms. The van der Waals surface area contributed by atoms with Gasteiger partial charge in [-0.15, -0.1) is 0 Å². The van der Waals surface area contributed by atoms with Gasteiger partial charge >= 0.3 is 0 Å². The Balaban J connectivity index is -0.000000152. The number of hydrogen-bond acceptors (Lipinski definition) is 4. The van der Waals surface area contributed by atoms with Gasteiger partial charge in [-0.3, -0.25) is 9.59 Å². The van der Waals surface area contributed by atoms with Crippen LogP contribution in [0.4, 0.5) is 0 Å². The van der Waals surface area contributed by atoms with Gasteiger partial charge in [0.2, 0.25) is 5.91 Å². The molecule has 0 radical (unpaired) electrons. The molecule has 1 aromatic carbocycles. The quantitative estimate of drug-likeness (QED) is 0.133. The van der Waals surface area contributed by atoms with E-state index >= 15 is 0 Å². The summed E-state index contributed by atoms with van der Waals surface area (Å²) in [5.74, 6) is 2.28. The van der Waals surface area contributed by atoms with E-state index in [9.17, 15) is 9.59 Å². The molecular formula is C45H88N2O2S. The van der Waals surface area contributed by atoms with Crippen molar-refractivity contribution in [3.63, 3.8) is 0 Å². The number of aldehydes is 1. The van der Waals surface area contributed by atoms with Crippen LogP contribution in [0.15, 0.2) is 60.5 Å². The summed E-state index contributed by atoms with van der Waals surface area (Å²) in [4.78, 5) is 27.4. The monoisotopic (exact) mass is 721 g/mol. The highest BCUT2D eigenvalue weighted by molar-refractivity contribution is 7.79. The molecule has 296 valence electrons. The fourth-order valence-corrected chi connectivity index (χ4v) is 4.39. The molecule has 2 atom stereocenters. The van der Waals surface area contributed by atoms with Gasteiger partial charge in [0.05, 0.1) is 12.2 Å². The molecule has 1 amide bonds. The number of aryl methyl sites for hydroxylation is 2. The third-order valence-electron chi connectivity index (χ3n) is 7.85. The fourth-order valence-electron chi connectivity index (χ4n) is 4.39. The Morgan fingerprint density at radius 3 is 1.74 bits per heavy atom. The molecule has 1 heterocycles. The van der Waals surface area contributed by atoms with Crippen molar-refractivity contribution >= 4 is 24.8 Å². The molecule has 4 nitrogen and oxygen atoms in total. The van der Waals surface area contributed by atoms with Gasteiger partial charge in [0.1, 0.15) is 0 Å². The number of benzene rings is 1. The molecule has 2 unspecified atom stereocenters. The van der Waals surface area contributed by atoms with Crippen LogP contribution < -0.4 is 0 Å². The van der Waals surface area contributed by atoms with Crippen molar-refractivity contribution in [3.8, 4) is 0 Å². The zero-order valence-electron chi connectivity index (χ0n) is 36.8. The molecule has 1 aliphatic heterocycles. The number of rotatable bonds is 12. The maximum atomic E-state index is 12.4. The van der Waals surface area contributed by atoms with Gasteiger partial charge in [-0.2, -0.15) is 12.6 Å². The predicted octanol–water partition coefficient (Wildman–Crippen LogP) is 13.8. The number of allylic oxidation sites excluding steroid dienone is 3. The van der Waals surface area contributed by atoms with Crippen molar-refractivity contribution in [1.82, 2.24) is 9.80 Å². The molecule has 1 saturated heterocycles. The number of hydrogen-bond donors (Lipinski definition) is 1. The van der Waals surface area contributed by atoms with Crippen molar-refractivity contribution < 1.29 is 9.59 Å². The largest absolute Gasteiger partial charge is 0.340 e. The second kappa shape index (κ2) is 46.7. The van der Waals surface area contributed by atoms with E-state index in [-0.39, 0.29) is 5.91 Å². The lowest BCUT2D eigenvalue weighted by molar-refractivity contribution is -0.126. The molecule has 0 bridgehead atoms. The number of piperazine rings is 1. The average molecular weight is 721 g/mol. The Kier molecular flexibility index (Phi) is 55.9. The first-order chi connectivity index (χ1) is 24.1. The van der Waals surface area contributed by atoms with Gasteiger partial charge in [-0.1, -0.05) is 173 Å². The maximum absolute atomic E-state index is 12.4. The van der Waals surface area contributed by atoms with Crippen LogP contribution in [-0.2, 0) is 16.0 Å². The topological polar surface area (TPSA) is 40.6 Å². The lowest BCUT2D eigenvalue weighted by Gasteiger charge is -2.37. The summed E-state index contributed by atoms with van der Waals surface area (Å²) in [6.45, 7) is 41.6. The standard InChI is InChI=1S/C20H32N2O2.C9H12.C7H16.4C2H6.CH4S/c1-5-8-10-19(16-23)22-14-13-21(15-17(22)4)20(24)12-11-18(7-3)9-6-2;1-3-9-7-5-4-6-8(9)2;1-5-7(4)6(2)3;5*1-2/h10-12,16,18H,4-9,13-15H2,1-3H3;4-7H,3H2,1-2H3;6-7H,5H2,1-4H3;4*1-2H3;2H,1H3/b12-11+,19-10-;;;;;;;. The van der Waals surface area contributed by atoms with Gasteiger partial charge in [-0.05, 0) is 73.8 Å². The lowest BCUT2D eigenvalue weighted by Crippen LogP contribution is -2.46. The Morgan fingerprint density at radius 1 is 0.860 bits per heavy atom. The highest BCUT2D eigenvalue weighted by Crippen LogP contribution is 2.19. The lowest BCUT2D eigenvalue weighted by atomic mass is 9.96. The minimum atomic E-state index is 0.0375. The van der Waals surface area contributed by atoms with Crippen molar-refractivity contribution in [1.29, 1.82) is 0 Å². The van der Waals surface area contributed by atoms with Crippen LogP contribution in [0.5, 0.6) is 0 Å². The van der Waals surface area contributed by atoms with Crippen molar-refractivity contribution in [3.05, 3.63) is 71.6 Å². The summed E-state index contributed by atoms with van der Waals surface area (Å²) < 4.78 is 0. The molecule has 0 aromatic heterocycles. The second-order valence-corrected chi connectivity index (χ2v) is 11.2. The highest BCUT2D eigenvalue weighted by atomic mass is 32.1. The van der Waals surface area contributed by atoms with Crippen molar-refractivity contribution in [2.24, 2.45) is 17.8 Å². The molecule has 0 aliphatic carbocycles. The van der Waals surface area contributed by atoms with Crippen LogP contribution in [0.1, 0.15) is 160 Å². The average Bonchev–Trinajstić information content (AvgIpc) is 3.18. The molecule has 5 heteroatoms. The van der Waals surface area contributed by atoms with E-state index in [0.717, 1.165) is 62.3 Å². The highest BCUT2D eigenvalue weighted by Gasteiger charge is 2.24. The number of carbonyl (C=O) groups is 2. The summed E-state index contributed by atoms with van der Waals surface area (Å²) in [5, 5.41) is 0. The zero-order valence-corrected chi connectivity index (χ0v) is 37.7. The SMILES string of the molecule is C=C1CN(C(=O)/C=C/C(CC)CCC)CCN1/C(C=O)=C\CCC.CC.CC.CC.CC.CCC(C)C(C)C.CCc1ccccc1C.CS. The molecule has 0 N–H and O–H groups in total. The van der Waals surface area contributed by atoms with E-state index in [1.54, 1.807) is 17.2 Å². The molecule has 2 rings (SSSR count). The van der Waals surface area contributed by atoms with Crippen molar-refractivity contribution in [2.75, 3.05) is 25.9 Å². The molecule has 0 saturated carbocycles. The first-order valence-corrected chi connectivity index (χ1v) is 21.1. The Hall–Kier alpha value is -2.27. The number of nitrogens with zero attached hydrogens (tertiary/aromatic N) is 2. The first kappa shape index (κ1) is 59.9. The molecule has 1 aliphatic rings. The minimum Gasteiger partial charge on any atom is -0.340 e. The Morgan fingerprint density at radius 2 is 1.40 bits per heavy atom. The Labute approximate surface area is 321 Å². The van der Waals surface area contributed by atoms with Crippen LogP contribution in [-0.4, -0.2) is 47.9 Å². The summed E-state index contributed by atoms with van der Waals surface area (Å²) in [6, 6.07) is 8.49. The fraction of sp³-hybridized carbons (Fsp3) is 0.689. The van der Waals surface area contributed by atoms with E-state index in [2.05, 4.69) is 106 Å². The smallest absolute Gasteiger partial charge is 0.246 e. The maximum Gasteiger partial charge on any atom is 0.246 e. The van der Waals surface area contributed by atoms with Crippen LogP contribution in [0.25, 0.3) is 0 Å². The summed E-state index contributed by atoms with van der Waals surface area (Å²) in [6.07, 6.45) is 15.9. The van der Waals surface area contributed by atoms with Crippen LogP contribution in [0.2, 0.25) is 0 Å². The second-order valence-electron chi connectivity index (χ2n) is 11.2. The zero-order chi connectivity index (χ0) is 40.5. The number of amides is 1. The van der Waals surface area contributed by atoms with Gasteiger partial charge in [0, 0.05) is 18.8 Å². The van der Waals surface area contributed by atoms with E-state index in [0.29, 0.717) is 31.2 Å². The minimum absolute atomic E-state index is 0.0375.